The minimum absolute atomic E-state index is 0.148. The molecule has 2 aromatic carbocycles. The molecule has 5 heterocycles. The van der Waals surface area contributed by atoms with Crippen LogP contribution in [0, 0.1) is 11.8 Å². The van der Waals surface area contributed by atoms with Crippen molar-refractivity contribution in [1.82, 2.24) is 49.9 Å². The number of likely N-dealkylation sites (N-methyl/N-ethyl adjacent to an activating group) is 1. The molecule has 17 heteroatoms. The summed E-state index contributed by atoms with van der Waals surface area (Å²) in [6.07, 6.45) is 4.61. The van der Waals surface area contributed by atoms with Crippen LogP contribution in [-0.2, 0) is 14.3 Å². The monoisotopic (exact) mass is 806 g/mol. The van der Waals surface area contributed by atoms with Crippen LogP contribution >= 0.6 is 0 Å². The van der Waals surface area contributed by atoms with Crippen LogP contribution < -0.4 is 10.9 Å². The standard InChI is InChI=1S/C42H50N10O7/c1-22(2)33(48-41(56)59-6)39(54)51-17-7-9-31(51)36-44-21-30(47-36)26-15-16-28-27(19-26)38(53)49-35(45-28)25-13-11-24(12-14-25)29-20-43-37(46-29)32-10-8-18-52(32)40(55)34(23(3)4)50(5)42(57)58/h11-16,19-23,31-34H,7-10,17-18H2,1-6H3,(H,43,46)(H,44,47)(H,48,56)(H,57,58)(H,45,49,53)/t31-,32-,33-,34-/m0/s1. The Morgan fingerprint density at radius 1 is 0.814 bits per heavy atom. The number of alkyl carbamates (subject to hydrolysis) is 1. The maximum Gasteiger partial charge on any atom is 0.407 e. The zero-order chi connectivity index (χ0) is 42.1. The third-order valence-corrected chi connectivity index (χ3v) is 11.4. The number of carbonyl (C=O) groups is 4. The average molecular weight is 807 g/mol. The van der Waals surface area contributed by atoms with Gasteiger partial charge in [-0.1, -0.05) is 58.0 Å². The van der Waals surface area contributed by atoms with Crippen LogP contribution in [0.2, 0.25) is 0 Å². The van der Waals surface area contributed by atoms with Crippen molar-refractivity contribution in [2.75, 3.05) is 27.2 Å². The second-order valence-electron chi connectivity index (χ2n) is 15.9. The molecule has 2 fully saturated rings. The van der Waals surface area contributed by atoms with Gasteiger partial charge in [-0.2, -0.15) is 0 Å². The molecule has 4 atom stereocenters. The van der Waals surface area contributed by atoms with Crippen LogP contribution in [0.25, 0.3) is 44.8 Å². The molecule has 2 saturated heterocycles. The Morgan fingerprint density at radius 2 is 1.37 bits per heavy atom. The molecule has 0 radical (unpaired) electrons. The molecule has 59 heavy (non-hydrogen) atoms. The van der Waals surface area contributed by atoms with Gasteiger partial charge in [0.25, 0.3) is 5.56 Å². The van der Waals surface area contributed by atoms with E-state index in [1.54, 1.807) is 34.3 Å². The lowest BCUT2D eigenvalue weighted by atomic mass is 10.0. The number of likely N-dealkylation sites (tertiary alicyclic amines) is 2. The molecule has 0 saturated carbocycles. The third-order valence-electron chi connectivity index (χ3n) is 11.4. The lowest BCUT2D eigenvalue weighted by molar-refractivity contribution is -0.138. The number of fused-ring (bicyclic) bond motifs is 1. The van der Waals surface area contributed by atoms with Crippen molar-refractivity contribution in [3.63, 3.8) is 0 Å². The summed E-state index contributed by atoms with van der Waals surface area (Å²) in [7, 11) is 2.69. The van der Waals surface area contributed by atoms with Gasteiger partial charge in [-0.15, -0.1) is 0 Å². The predicted molar refractivity (Wildman–Crippen MR) is 219 cm³/mol. The molecule has 2 aliphatic heterocycles. The number of hydrogen-bond acceptors (Lipinski definition) is 9. The first-order chi connectivity index (χ1) is 28.2. The molecule has 0 unspecified atom stereocenters. The van der Waals surface area contributed by atoms with Gasteiger partial charge in [0.2, 0.25) is 11.8 Å². The van der Waals surface area contributed by atoms with Crippen LogP contribution in [0.3, 0.4) is 0 Å². The fourth-order valence-electron chi connectivity index (χ4n) is 8.25. The second kappa shape index (κ2) is 16.8. The van der Waals surface area contributed by atoms with Gasteiger partial charge in [0, 0.05) is 31.3 Å². The number of nitrogens with one attached hydrogen (secondary N) is 4. The molecule has 7 rings (SSSR count). The van der Waals surface area contributed by atoms with Crippen molar-refractivity contribution in [1.29, 1.82) is 0 Å². The van der Waals surface area contributed by atoms with E-state index in [4.69, 9.17) is 9.72 Å². The van der Waals surface area contributed by atoms with Gasteiger partial charge in [-0.3, -0.25) is 19.3 Å². The Kier molecular flexibility index (Phi) is 11.6. The highest BCUT2D eigenvalue weighted by Gasteiger charge is 2.40. The number of H-pyrrole nitrogens is 3. The first-order valence-electron chi connectivity index (χ1n) is 19.9. The SMILES string of the molecule is COC(=O)N[C@H](C(=O)N1CCC[C@H]1c1ncc(-c2ccc3nc(-c4ccc(-c5cnc([C@@H]6CCCN6C(=O)[C@H](C(C)C)N(C)C(=O)O)[nH]5)cc4)[nH]c(=O)c3c2)[nH]1)C(C)C. The number of aromatic nitrogens is 6. The van der Waals surface area contributed by atoms with E-state index in [1.165, 1.54) is 14.2 Å². The van der Waals surface area contributed by atoms with Gasteiger partial charge in [-0.25, -0.2) is 24.5 Å². The van der Waals surface area contributed by atoms with Crippen LogP contribution in [0.4, 0.5) is 9.59 Å². The molecule has 5 N–H and O–H groups in total. The van der Waals surface area contributed by atoms with E-state index in [0.717, 1.165) is 34.6 Å². The lowest BCUT2D eigenvalue weighted by Gasteiger charge is -2.33. The fraction of sp³-hybridized carbons (Fsp3) is 0.429. The minimum Gasteiger partial charge on any atom is -0.465 e. The normalized spacial score (nSPS) is 17.8. The van der Waals surface area contributed by atoms with E-state index in [2.05, 4.69) is 30.2 Å². The van der Waals surface area contributed by atoms with Gasteiger partial charge in [-0.05, 0) is 55.2 Å². The zero-order valence-corrected chi connectivity index (χ0v) is 34.0. The molecule has 17 nitrogen and oxygen atoms in total. The van der Waals surface area contributed by atoms with Gasteiger partial charge >= 0.3 is 12.2 Å². The Bertz CT molecular complexity index is 2420. The van der Waals surface area contributed by atoms with Crippen molar-refractivity contribution >= 4 is 34.9 Å². The van der Waals surface area contributed by atoms with E-state index in [9.17, 15) is 29.1 Å². The van der Waals surface area contributed by atoms with E-state index < -0.39 is 24.3 Å². The maximum absolute atomic E-state index is 13.6. The largest absolute Gasteiger partial charge is 0.465 e. The predicted octanol–water partition coefficient (Wildman–Crippen LogP) is 5.71. The van der Waals surface area contributed by atoms with Crippen molar-refractivity contribution in [3.05, 3.63) is 76.9 Å². The van der Waals surface area contributed by atoms with E-state index in [1.807, 2.05) is 58.0 Å². The van der Waals surface area contributed by atoms with Crippen LogP contribution in [0.1, 0.15) is 77.1 Å². The van der Waals surface area contributed by atoms with Crippen LogP contribution in [0.15, 0.2) is 59.7 Å². The number of hydrogen-bond donors (Lipinski definition) is 5. The van der Waals surface area contributed by atoms with Crippen molar-refractivity contribution in [3.8, 4) is 33.9 Å². The van der Waals surface area contributed by atoms with Gasteiger partial charge in [0.1, 0.15) is 29.6 Å². The Morgan fingerprint density at radius 3 is 1.93 bits per heavy atom. The zero-order valence-electron chi connectivity index (χ0n) is 34.0. The number of amides is 4. The molecule has 0 bridgehead atoms. The summed E-state index contributed by atoms with van der Waals surface area (Å²) >= 11 is 0. The number of aromatic amines is 3. The molecule has 310 valence electrons. The summed E-state index contributed by atoms with van der Waals surface area (Å²) < 4.78 is 4.74. The second-order valence-corrected chi connectivity index (χ2v) is 15.9. The highest BCUT2D eigenvalue weighted by atomic mass is 16.5. The number of carbonyl (C=O) groups excluding carboxylic acids is 3. The van der Waals surface area contributed by atoms with E-state index in [-0.39, 0.29) is 41.3 Å². The Labute approximate surface area is 340 Å². The minimum atomic E-state index is -1.15. The number of carboxylic acid groups (broad SMARTS) is 1. The number of imidazole rings is 2. The number of benzene rings is 2. The quantitative estimate of drug-likeness (QED) is 0.109. The Hall–Kier alpha value is -6.52. The Balaban J connectivity index is 1.05. The first kappa shape index (κ1) is 40.7. The number of nitrogens with zero attached hydrogens (tertiary/aromatic N) is 6. The molecule has 3 aromatic heterocycles. The maximum atomic E-state index is 13.6. The summed E-state index contributed by atoms with van der Waals surface area (Å²) in [4.78, 5) is 92.6. The van der Waals surface area contributed by atoms with Crippen molar-refractivity contribution in [2.24, 2.45) is 11.8 Å². The molecule has 0 spiro atoms. The first-order valence-corrected chi connectivity index (χ1v) is 19.9. The van der Waals surface area contributed by atoms with Gasteiger partial charge in [0.05, 0.1) is 53.9 Å². The van der Waals surface area contributed by atoms with Gasteiger partial charge < -0.3 is 39.9 Å². The molecular weight excluding hydrogens is 757 g/mol. The van der Waals surface area contributed by atoms with Gasteiger partial charge in [0.15, 0.2) is 0 Å². The number of methoxy groups -OCH3 is 1. The van der Waals surface area contributed by atoms with Crippen LogP contribution in [0.5, 0.6) is 0 Å². The molecule has 0 aliphatic carbocycles. The lowest BCUT2D eigenvalue weighted by Crippen LogP contribution is -2.51. The summed E-state index contributed by atoms with van der Waals surface area (Å²) in [5.41, 5.74) is 3.96. The molecular formula is C42H50N10O7. The van der Waals surface area contributed by atoms with Crippen LogP contribution in [-0.4, -0.2) is 113 Å². The van der Waals surface area contributed by atoms with E-state index >= 15 is 0 Å². The molecule has 2 aliphatic rings. The summed E-state index contributed by atoms with van der Waals surface area (Å²) in [5, 5.41) is 12.7. The van der Waals surface area contributed by atoms with Crippen molar-refractivity contribution in [2.45, 2.75) is 77.5 Å². The van der Waals surface area contributed by atoms with E-state index in [0.29, 0.717) is 65.6 Å². The smallest absolute Gasteiger partial charge is 0.407 e. The number of rotatable bonds is 11. The summed E-state index contributed by atoms with van der Waals surface area (Å²) in [5.74, 6) is 0.907. The van der Waals surface area contributed by atoms with Crippen molar-refractivity contribution < 1.29 is 29.0 Å². The number of ether oxygens (including phenoxy) is 1. The third kappa shape index (κ3) is 8.13. The topological polar surface area (TPSA) is 223 Å². The highest BCUT2D eigenvalue weighted by molar-refractivity contribution is 5.87. The highest BCUT2D eigenvalue weighted by Crippen LogP contribution is 2.35. The molecule has 5 aromatic rings. The summed E-state index contributed by atoms with van der Waals surface area (Å²) in [6, 6.07) is 10.8. The summed E-state index contributed by atoms with van der Waals surface area (Å²) in [6.45, 7) is 8.49. The molecule has 4 amide bonds. The average Bonchev–Trinajstić information content (AvgIpc) is 4.06. The fourth-order valence-corrected chi connectivity index (χ4v) is 8.25.